The number of aromatic nitrogens is 3. The van der Waals surface area contributed by atoms with Crippen molar-refractivity contribution in [3.63, 3.8) is 0 Å². The van der Waals surface area contributed by atoms with Gasteiger partial charge in [-0.05, 0) is 24.6 Å². The lowest BCUT2D eigenvalue weighted by molar-refractivity contribution is 0.0520. The monoisotopic (exact) mass is 259 g/mol. The molecule has 0 saturated carbocycles. The van der Waals surface area contributed by atoms with Gasteiger partial charge in [-0.3, -0.25) is 0 Å². The standard InChI is InChI=1S/C9H7Cl2N3O2/c1-2-16-8(15)5-3-4-6(12-5)7(10)14-9(11)13-4/h3,12H,2H2,1H3. The number of aromatic amines is 1. The normalized spacial score (nSPS) is 10.7. The summed E-state index contributed by atoms with van der Waals surface area (Å²) < 4.78 is 4.83. The van der Waals surface area contributed by atoms with Gasteiger partial charge in [-0.15, -0.1) is 0 Å². The summed E-state index contributed by atoms with van der Waals surface area (Å²) in [4.78, 5) is 21.9. The molecule has 0 unspecified atom stereocenters. The van der Waals surface area contributed by atoms with Crippen molar-refractivity contribution in [2.75, 3.05) is 6.61 Å². The van der Waals surface area contributed by atoms with E-state index in [1.165, 1.54) is 6.07 Å². The van der Waals surface area contributed by atoms with Gasteiger partial charge in [-0.2, -0.15) is 0 Å². The number of hydrogen-bond acceptors (Lipinski definition) is 4. The highest BCUT2D eigenvalue weighted by atomic mass is 35.5. The van der Waals surface area contributed by atoms with Gasteiger partial charge in [0.1, 0.15) is 11.2 Å². The third-order valence-corrected chi connectivity index (χ3v) is 2.34. The number of halogens is 2. The van der Waals surface area contributed by atoms with Gasteiger partial charge in [-0.1, -0.05) is 11.6 Å². The molecule has 0 fully saturated rings. The molecule has 2 aromatic heterocycles. The van der Waals surface area contributed by atoms with E-state index in [9.17, 15) is 4.79 Å². The van der Waals surface area contributed by atoms with E-state index in [1.54, 1.807) is 6.92 Å². The Hall–Kier alpha value is -1.33. The number of nitrogens with one attached hydrogen (secondary N) is 1. The summed E-state index contributed by atoms with van der Waals surface area (Å²) >= 11 is 11.5. The molecule has 84 valence electrons. The van der Waals surface area contributed by atoms with Crippen LogP contribution in [0.4, 0.5) is 0 Å². The molecular formula is C9H7Cl2N3O2. The SMILES string of the molecule is CCOC(=O)c1cc2nc(Cl)nc(Cl)c2[nH]1. The van der Waals surface area contributed by atoms with Gasteiger partial charge in [-0.25, -0.2) is 14.8 Å². The number of carbonyl (C=O) groups excluding carboxylic acids is 1. The van der Waals surface area contributed by atoms with Crippen LogP contribution >= 0.6 is 23.2 Å². The van der Waals surface area contributed by atoms with E-state index in [0.717, 1.165) is 0 Å². The second kappa shape index (κ2) is 4.27. The van der Waals surface area contributed by atoms with Gasteiger partial charge < -0.3 is 9.72 Å². The number of ether oxygens (including phenoxy) is 1. The molecule has 1 N–H and O–H groups in total. The zero-order valence-corrected chi connectivity index (χ0v) is 9.76. The van der Waals surface area contributed by atoms with Gasteiger partial charge in [0.05, 0.1) is 12.1 Å². The summed E-state index contributed by atoms with van der Waals surface area (Å²) in [5.41, 5.74) is 1.22. The summed E-state index contributed by atoms with van der Waals surface area (Å²) in [6.07, 6.45) is 0. The van der Waals surface area contributed by atoms with E-state index in [2.05, 4.69) is 15.0 Å². The number of esters is 1. The average molecular weight is 260 g/mol. The van der Waals surface area contributed by atoms with Crippen molar-refractivity contribution in [2.24, 2.45) is 0 Å². The fourth-order valence-corrected chi connectivity index (χ4v) is 1.71. The van der Waals surface area contributed by atoms with Crippen molar-refractivity contribution in [2.45, 2.75) is 6.92 Å². The lowest BCUT2D eigenvalue weighted by Crippen LogP contribution is -2.04. The molecule has 0 saturated heterocycles. The molecule has 0 atom stereocenters. The van der Waals surface area contributed by atoms with E-state index in [4.69, 9.17) is 27.9 Å². The first-order valence-corrected chi connectivity index (χ1v) is 5.26. The topological polar surface area (TPSA) is 67.9 Å². The van der Waals surface area contributed by atoms with Gasteiger partial charge >= 0.3 is 5.97 Å². The van der Waals surface area contributed by atoms with Crippen LogP contribution in [0.5, 0.6) is 0 Å². The highest BCUT2D eigenvalue weighted by molar-refractivity contribution is 6.35. The summed E-state index contributed by atoms with van der Waals surface area (Å²) in [5, 5.41) is 0.206. The van der Waals surface area contributed by atoms with Crippen LogP contribution in [0.25, 0.3) is 11.0 Å². The molecule has 0 aromatic carbocycles. The Morgan fingerprint density at radius 2 is 2.25 bits per heavy atom. The van der Waals surface area contributed by atoms with Crippen molar-refractivity contribution >= 4 is 40.2 Å². The Morgan fingerprint density at radius 3 is 2.94 bits per heavy atom. The summed E-state index contributed by atoms with van der Waals surface area (Å²) in [6, 6.07) is 1.52. The first-order valence-electron chi connectivity index (χ1n) is 4.50. The van der Waals surface area contributed by atoms with Crippen molar-refractivity contribution in [1.82, 2.24) is 15.0 Å². The molecule has 0 aliphatic carbocycles. The van der Waals surface area contributed by atoms with Crippen molar-refractivity contribution in [1.29, 1.82) is 0 Å². The fraction of sp³-hybridized carbons (Fsp3) is 0.222. The van der Waals surface area contributed by atoms with Crippen LogP contribution in [0, 0.1) is 0 Å². The Labute approximate surface area is 101 Å². The van der Waals surface area contributed by atoms with Crippen LogP contribution in [-0.2, 0) is 4.74 Å². The third kappa shape index (κ3) is 1.96. The van der Waals surface area contributed by atoms with E-state index >= 15 is 0 Å². The number of carbonyl (C=O) groups is 1. The second-order valence-electron chi connectivity index (χ2n) is 2.95. The predicted molar refractivity (Wildman–Crippen MR) is 59.9 cm³/mol. The molecule has 2 heterocycles. The average Bonchev–Trinajstić information content (AvgIpc) is 2.62. The lowest BCUT2D eigenvalue weighted by atomic mass is 10.4. The molecule has 7 heteroatoms. The highest BCUT2D eigenvalue weighted by Crippen LogP contribution is 2.22. The minimum absolute atomic E-state index is 0.0342. The van der Waals surface area contributed by atoms with Crippen molar-refractivity contribution in [3.8, 4) is 0 Å². The van der Waals surface area contributed by atoms with Crippen LogP contribution in [0.1, 0.15) is 17.4 Å². The molecule has 5 nitrogen and oxygen atoms in total. The number of hydrogen-bond donors (Lipinski definition) is 1. The van der Waals surface area contributed by atoms with Gasteiger partial charge in [0.15, 0.2) is 5.15 Å². The maximum absolute atomic E-state index is 11.4. The van der Waals surface area contributed by atoms with Gasteiger partial charge in [0.25, 0.3) is 0 Å². The Balaban J connectivity index is 2.51. The van der Waals surface area contributed by atoms with Gasteiger partial charge in [0, 0.05) is 0 Å². The number of fused-ring (bicyclic) bond motifs is 1. The minimum atomic E-state index is -0.465. The molecule has 16 heavy (non-hydrogen) atoms. The lowest BCUT2D eigenvalue weighted by Gasteiger charge is -1.96. The number of rotatable bonds is 2. The number of nitrogens with zero attached hydrogens (tertiary/aromatic N) is 2. The Bertz CT molecular complexity index is 553. The summed E-state index contributed by atoms with van der Waals surface area (Å²) in [5.74, 6) is -0.465. The predicted octanol–water partition coefficient (Wildman–Crippen LogP) is 2.44. The largest absolute Gasteiger partial charge is 0.461 e. The van der Waals surface area contributed by atoms with Crippen LogP contribution < -0.4 is 0 Å². The zero-order valence-electron chi connectivity index (χ0n) is 8.25. The van der Waals surface area contributed by atoms with Crippen LogP contribution in [0.3, 0.4) is 0 Å². The maximum Gasteiger partial charge on any atom is 0.354 e. The van der Waals surface area contributed by atoms with E-state index in [1.807, 2.05) is 0 Å². The third-order valence-electron chi connectivity index (χ3n) is 1.90. The molecule has 0 radical (unpaired) electrons. The van der Waals surface area contributed by atoms with Crippen LogP contribution in [0.15, 0.2) is 6.07 Å². The summed E-state index contributed by atoms with van der Waals surface area (Å²) in [6.45, 7) is 2.03. The Kier molecular flexibility index (Phi) is 2.98. The molecule has 0 bridgehead atoms. The summed E-state index contributed by atoms with van der Waals surface area (Å²) in [7, 11) is 0. The van der Waals surface area contributed by atoms with Crippen LogP contribution in [0.2, 0.25) is 10.4 Å². The highest BCUT2D eigenvalue weighted by Gasteiger charge is 2.14. The minimum Gasteiger partial charge on any atom is -0.461 e. The van der Waals surface area contributed by atoms with E-state index < -0.39 is 5.97 Å². The maximum atomic E-state index is 11.4. The molecule has 0 spiro atoms. The Morgan fingerprint density at radius 1 is 1.50 bits per heavy atom. The first kappa shape index (κ1) is 11.2. The first-order chi connectivity index (χ1) is 7.61. The van der Waals surface area contributed by atoms with E-state index in [0.29, 0.717) is 17.6 Å². The smallest absolute Gasteiger partial charge is 0.354 e. The number of H-pyrrole nitrogens is 1. The van der Waals surface area contributed by atoms with Crippen molar-refractivity contribution in [3.05, 3.63) is 22.2 Å². The van der Waals surface area contributed by atoms with E-state index in [-0.39, 0.29) is 16.1 Å². The molecule has 0 amide bonds. The molecule has 2 rings (SSSR count). The van der Waals surface area contributed by atoms with Gasteiger partial charge in [0.2, 0.25) is 5.28 Å². The quantitative estimate of drug-likeness (QED) is 0.511. The fourth-order valence-electron chi connectivity index (χ4n) is 1.27. The molecule has 2 aromatic rings. The molecule has 0 aliphatic rings. The molecular weight excluding hydrogens is 253 g/mol. The second-order valence-corrected chi connectivity index (χ2v) is 3.64. The van der Waals surface area contributed by atoms with Crippen LogP contribution in [-0.4, -0.2) is 27.5 Å². The van der Waals surface area contributed by atoms with Crippen molar-refractivity contribution < 1.29 is 9.53 Å². The molecule has 0 aliphatic heterocycles. The zero-order chi connectivity index (χ0) is 11.7.